The molecule has 1 fully saturated rings. The van der Waals surface area contributed by atoms with Gasteiger partial charge in [-0.3, -0.25) is 4.68 Å². The molecule has 1 aliphatic carbocycles. The van der Waals surface area contributed by atoms with E-state index in [9.17, 15) is 26.3 Å². The Bertz CT molecular complexity index is 1130. The topological polar surface area (TPSA) is 120 Å². The molecule has 0 unspecified atom stereocenters. The first-order chi connectivity index (χ1) is 15.8. The zero-order valence-electron chi connectivity index (χ0n) is 17.4. The van der Waals surface area contributed by atoms with Crippen molar-refractivity contribution in [2.75, 3.05) is 0 Å². The number of aliphatic carboxylic acids is 1. The Hall–Kier alpha value is -3.42. The molecule has 0 spiro atoms. The third kappa shape index (κ3) is 6.12. The highest BCUT2D eigenvalue weighted by molar-refractivity contribution is 5.73. The Morgan fingerprint density at radius 2 is 1.79 bits per heavy atom. The normalized spacial score (nSPS) is 15.6. The van der Waals surface area contributed by atoms with E-state index in [2.05, 4.69) is 15.2 Å². The Morgan fingerprint density at radius 1 is 1.15 bits per heavy atom. The fraction of sp³-hybridized carbons (Fsp3) is 0.400. The number of nitrogens with two attached hydrogens (primary N) is 1. The summed E-state index contributed by atoms with van der Waals surface area (Å²) in [5.41, 5.74) is 6.36. The third-order valence-corrected chi connectivity index (χ3v) is 5.06. The number of carboxylic acid groups (broad SMARTS) is 1. The number of hydrogen-bond donors (Lipinski definition) is 2. The first-order valence-electron chi connectivity index (χ1n) is 9.91. The van der Waals surface area contributed by atoms with Gasteiger partial charge in [0.05, 0.1) is 12.1 Å². The van der Waals surface area contributed by atoms with E-state index in [4.69, 9.17) is 20.2 Å². The van der Waals surface area contributed by atoms with Crippen LogP contribution in [0, 0.1) is 0 Å². The highest BCUT2D eigenvalue weighted by Crippen LogP contribution is 2.35. The minimum Gasteiger partial charge on any atom is -0.475 e. The lowest BCUT2D eigenvalue weighted by Crippen LogP contribution is -2.34. The number of hydrogen-bond acceptors (Lipinski definition) is 6. The summed E-state index contributed by atoms with van der Waals surface area (Å²) in [6.45, 7) is 0.200. The zero-order chi connectivity index (χ0) is 25.1. The summed E-state index contributed by atoms with van der Waals surface area (Å²) in [5.74, 6) is -1.91. The highest BCUT2D eigenvalue weighted by atomic mass is 19.4. The van der Waals surface area contributed by atoms with Gasteiger partial charge in [-0.15, -0.1) is 0 Å². The molecule has 2 heterocycles. The van der Waals surface area contributed by atoms with Gasteiger partial charge < -0.3 is 15.4 Å². The van der Waals surface area contributed by atoms with Crippen LogP contribution in [-0.4, -0.2) is 37.2 Å². The Morgan fingerprint density at radius 3 is 2.35 bits per heavy atom. The van der Waals surface area contributed by atoms with Gasteiger partial charge in [-0.2, -0.15) is 36.4 Å². The number of rotatable bonds is 4. The smallest absolute Gasteiger partial charge is 0.475 e. The summed E-state index contributed by atoms with van der Waals surface area (Å²) in [7, 11) is 0. The number of carboxylic acids is 1. The van der Waals surface area contributed by atoms with E-state index < -0.39 is 29.6 Å². The van der Waals surface area contributed by atoms with E-state index in [-0.39, 0.29) is 6.54 Å². The van der Waals surface area contributed by atoms with E-state index in [0.717, 1.165) is 37.3 Å². The predicted octanol–water partition coefficient (Wildman–Crippen LogP) is 4.36. The van der Waals surface area contributed by atoms with E-state index >= 15 is 0 Å². The maximum atomic E-state index is 12.7. The summed E-state index contributed by atoms with van der Waals surface area (Å²) in [6.07, 6.45) is -4.50. The lowest BCUT2D eigenvalue weighted by atomic mass is 9.98. The molecular weight excluding hydrogens is 472 g/mol. The van der Waals surface area contributed by atoms with Crippen molar-refractivity contribution in [3.05, 3.63) is 53.6 Å². The van der Waals surface area contributed by atoms with Crippen molar-refractivity contribution in [2.24, 2.45) is 5.73 Å². The van der Waals surface area contributed by atoms with Crippen LogP contribution in [0.2, 0.25) is 0 Å². The molecule has 0 atom stereocenters. The molecule has 4 rings (SSSR count). The van der Waals surface area contributed by atoms with Crippen molar-refractivity contribution >= 4 is 5.97 Å². The average Bonchev–Trinajstić information content (AvgIpc) is 3.48. The molecule has 1 aliphatic rings. The second-order valence-corrected chi connectivity index (χ2v) is 7.69. The molecule has 3 aromatic rings. The molecule has 0 bridgehead atoms. The molecule has 34 heavy (non-hydrogen) atoms. The third-order valence-electron chi connectivity index (χ3n) is 5.06. The second-order valence-electron chi connectivity index (χ2n) is 7.69. The van der Waals surface area contributed by atoms with E-state index in [1.807, 2.05) is 6.07 Å². The molecule has 14 heteroatoms. The maximum absolute atomic E-state index is 12.7. The van der Waals surface area contributed by atoms with Crippen LogP contribution in [-0.2, 0) is 23.1 Å². The fourth-order valence-corrected chi connectivity index (χ4v) is 3.36. The van der Waals surface area contributed by atoms with Crippen LogP contribution in [0.15, 0.2) is 41.1 Å². The molecule has 0 aliphatic heterocycles. The Balaban J connectivity index is 0.000000406. The molecule has 8 nitrogen and oxygen atoms in total. The quantitative estimate of drug-likeness (QED) is 0.521. The van der Waals surface area contributed by atoms with Gasteiger partial charge in [0.25, 0.3) is 5.89 Å². The molecule has 1 saturated carbocycles. The van der Waals surface area contributed by atoms with Crippen LogP contribution in [0.3, 0.4) is 0 Å². The van der Waals surface area contributed by atoms with Crippen LogP contribution in [0.5, 0.6) is 0 Å². The highest BCUT2D eigenvalue weighted by Gasteiger charge is 2.38. The monoisotopic (exact) mass is 491 g/mol. The van der Waals surface area contributed by atoms with Crippen molar-refractivity contribution in [3.8, 4) is 11.5 Å². The minimum absolute atomic E-state index is 0.200. The number of alkyl halides is 6. The molecule has 0 saturated heterocycles. The second kappa shape index (κ2) is 9.44. The lowest BCUT2D eigenvalue weighted by molar-refractivity contribution is -0.192. The van der Waals surface area contributed by atoms with Crippen LogP contribution in [0.25, 0.3) is 11.5 Å². The minimum atomic E-state index is -5.08. The van der Waals surface area contributed by atoms with Crippen LogP contribution < -0.4 is 5.73 Å². The van der Waals surface area contributed by atoms with Crippen LogP contribution in [0.4, 0.5) is 26.3 Å². The number of halogens is 6. The molecule has 2 aromatic heterocycles. The van der Waals surface area contributed by atoms with Crippen molar-refractivity contribution in [1.29, 1.82) is 0 Å². The molecular formula is C20H19F6N5O3. The van der Waals surface area contributed by atoms with Gasteiger partial charge in [-0.1, -0.05) is 30.1 Å². The molecule has 3 N–H and O–H groups in total. The molecule has 184 valence electrons. The average molecular weight is 491 g/mol. The fourth-order valence-electron chi connectivity index (χ4n) is 3.36. The Labute approximate surface area is 188 Å². The Kier molecular flexibility index (Phi) is 7.00. The van der Waals surface area contributed by atoms with Gasteiger partial charge in [0.15, 0.2) is 11.5 Å². The number of aromatic nitrogens is 4. The van der Waals surface area contributed by atoms with E-state index in [1.54, 1.807) is 18.2 Å². The largest absolute Gasteiger partial charge is 0.490 e. The first kappa shape index (κ1) is 25.2. The number of nitrogens with zero attached hydrogens (tertiary/aromatic N) is 4. The molecule has 0 amide bonds. The van der Waals surface area contributed by atoms with Crippen molar-refractivity contribution in [3.63, 3.8) is 0 Å². The van der Waals surface area contributed by atoms with Gasteiger partial charge >= 0.3 is 18.3 Å². The van der Waals surface area contributed by atoms with Crippen molar-refractivity contribution < 1.29 is 40.8 Å². The van der Waals surface area contributed by atoms with Gasteiger partial charge in [-0.05, 0) is 36.6 Å². The summed E-state index contributed by atoms with van der Waals surface area (Å²) < 4.78 is 76.4. The zero-order valence-corrected chi connectivity index (χ0v) is 17.4. The summed E-state index contributed by atoms with van der Waals surface area (Å²) in [6, 6.07) is 8.15. The summed E-state index contributed by atoms with van der Waals surface area (Å²) in [5, 5.41) is 14.7. The predicted molar refractivity (Wildman–Crippen MR) is 104 cm³/mol. The molecule has 0 radical (unpaired) electrons. The van der Waals surface area contributed by atoms with E-state index in [1.165, 1.54) is 10.9 Å². The first-order valence-corrected chi connectivity index (χ1v) is 9.91. The van der Waals surface area contributed by atoms with Crippen LogP contribution in [0.1, 0.15) is 42.8 Å². The van der Waals surface area contributed by atoms with Crippen molar-refractivity contribution in [2.45, 2.75) is 50.1 Å². The van der Waals surface area contributed by atoms with E-state index in [0.29, 0.717) is 17.3 Å². The van der Waals surface area contributed by atoms with Gasteiger partial charge in [-0.25, -0.2) is 4.79 Å². The van der Waals surface area contributed by atoms with Gasteiger partial charge in [0.2, 0.25) is 0 Å². The van der Waals surface area contributed by atoms with Crippen LogP contribution >= 0.6 is 0 Å². The van der Waals surface area contributed by atoms with Gasteiger partial charge in [0.1, 0.15) is 0 Å². The standard InChI is InChI=1S/C18H18F3N5O.C2HF3O2/c19-18(20,21)14-6-9-26(24-14)11-12-4-3-5-13(10-12)15-23-16(25-27-15)17(22)7-1-2-8-17;3-2(4,5)1(6)7/h3-6,9-10H,1-2,7-8,11,22H2;(H,6,7). The molecule has 1 aromatic carbocycles. The van der Waals surface area contributed by atoms with Crippen molar-refractivity contribution in [1.82, 2.24) is 19.9 Å². The summed E-state index contributed by atoms with van der Waals surface area (Å²) in [4.78, 5) is 13.3. The maximum Gasteiger partial charge on any atom is 0.490 e. The lowest BCUT2D eigenvalue weighted by Gasteiger charge is -2.17. The SMILES string of the molecule is NC1(c2noc(-c3cccc(Cn4ccc(C(F)(F)F)n4)c3)n2)CCCC1.O=C(O)C(F)(F)F. The number of benzene rings is 1. The van der Waals surface area contributed by atoms with Gasteiger partial charge in [0, 0.05) is 11.8 Å². The summed E-state index contributed by atoms with van der Waals surface area (Å²) >= 11 is 0. The number of carbonyl (C=O) groups is 1.